The summed E-state index contributed by atoms with van der Waals surface area (Å²) in [6.07, 6.45) is 0. The van der Waals surface area contributed by atoms with E-state index in [1.165, 1.54) is 11.9 Å². The molecule has 0 radical (unpaired) electrons. The van der Waals surface area contributed by atoms with Crippen molar-refractivity contribution in [3.8, 4) is 0 Å². The molecule has 0 saturated heterocycles. The van der Waals surface area contributed by atoms with Gasteiger partial charge in [-0.2, -0.15) is 0 Å². The second-order valence-electron chi connectivity index (χ2n) is 5.16. The number of aliphatic hydroxyl groups is 1. The average molecular weight is 296 g/mol. The van der Waals surface area contributed by atoms with Gasteiger partial charge in [-0.25, -0.2) is 0 Å². The molecule has 0 fully saturated rings. The predicted octanol–water partition coefficient (Wildman–Crippen LogP) is 1.02. The highest BCUT2D eigenvalue weighted by Crippen LogP contribution is 2.43. The molecule has 1 unspecified atom stereocenters. The number of para-hydroxylation sites is 1. The molecule has 0 aromatic heterocycles. The molecule has 112 valence electrons. The molecule has 2 amide bonds. The molecule has 0 bridgehead atoms. The van der Waals surface area contributed by atoms with Crippen molar-refractivity contribution in [1.82, 2.24) is 5.32 Å². The number of hydrogen-bond acceptors (Lipinski definition) is 3. The Kier molecular flexibility index (Phi) is 3.42. The lowest BCUT2D eigenvalue weighted by atomic mass is 9.88. The Morgan fingerprint density at radius 2 is 1.77 bits per heavy atom. The van der Waals surface area contributed by atoms with Gasteiger partial charge in [0.25, 0.3) is 5.91 Å². The standard InChI is InChI=1S/C17H16N2O3/c1-18-15(20)11-19-14-10-6-5-9-13(14)17(22,16(19)21)12-7-3-2-4-8-12/h2-10,22H,11H2,1H3,(H,18,20). The molecule has 2 aromatic carbocycles. The number of carbonyl (C=O) groups is 2. The van der Waals surface area contributed by atoms with Gasteiger partial charge in [-0.05, 0) is 11.6 Å². The number of anilines is 1. The van der Waals surface area contributed by atoms with Gasteiger partial charge in [0.2, 0.25) is 5.91 Å². The monoisotopic (exact) mass is 296 g/mol. The molecule has 1 aliphatic heterocycles. The molecular weight excluding hydrogens is 280 g/mol. The smallest absolute Gasteiger partial charge is 0.268 e. The lowest BCUT2D eigenvalue weighted by Gasteiger charge is -2.23. The van der Waals surface area contributed by atoms with Crippen molar-refractivity contribution in [3.05, 3.63) is 65.7 Å². The highest BCUT2D eigenvalue weighted by molar-refractivity contribution is 6.11. The number of nitrogens with one attached hydrogen (secondary N) is 1. The van der Waals surface area contributed by atoms with Gasteiger partial charge in [0.05, 0.1) is 5.69 Å². The van der Waals surface area contributed by atoms with Gasteiger partial charge in [0.15, 0.2) is 5.60 Å². The summed E-state index contributed by atoms with van der Waals surface area (Å²) in [5.74, 6) is -0.802. The summed E-state index contributed by atoms with van der Waals surface area (Å²) >= 11 is 0. The number of likely N-dealkylation sites (N-methyl/N-ethyl adjacent to an activating group) is 1. The summed E-state index contributed by atoms with van der Waals surface area (Å²) in [6, 6.07) is 15.8. The lowest BCUT2D eigenvalue weighted by molar-refractivity contribution is -0.133. The van der Waals surface area contributed by atoms with Crippen molar-refractivity contribution < 1.29 is 14.7 Å². The molecular formula is C17H16N2O3. The fourth-order valence-corrected chi connectivity index (χ4v) is 2.77. The summed E-state index contributed by atoms with van der Waals surface area (Å²) in [5.41, 5.74) is -0.212. The Labute approximate surface area is 128 Å². The van der Waals surface area contributed by atoms with Crippen LogP contribution in [0.3, 0.4) is 0 Å². The summed E-state index contributed by atoms with van der Waals surface area (Å²) in [5, 5.41) is 13.6. The molecule has 1 atom stereocenters. The average Bonchev–Trinajstić information content (AvgIpc) is 2.79. The summed E-state index contributed by atoms with van der Waals surface area (Å²) in [7, 11) is 1.51. The zero-order valence-electron chi connectivity index (χ0n) is 12.1. The van der Waals surface area contributed by atoms with Crippen molar-refractivity contribution in [2.45, 2.75) is 5.60 Å². The van der Waals surface area contributed by atoms with Crippen LogP contribution in [0.5, 0.6) is 0 Å². The molecule has 5 heteroatoms. The van der Waals surface area contributed by atoms with E-state index in [1.54, 1.807) is 48.5 Å². The predicted molar refractivity (Wildman–Crippen MR) is 82.3 cm³/mol. The van der Waals surface area contributed by atoms with Crippen molar-refractivity contribution in [2.24, 2.45) is 0 Å². The number of amides is 2. The van der Waals surface area contributed by atoms with Gasteiger partial charge in [-0.1, -0.05) is 48.5 Å². The first-order valence-corrected chi connectivity index (χ1v) is 6.99. The minimum Gasteiger partial charge on any atom is -0.372 e. The Morgan fingerprint density at radius 3 is 2.45 bits per heavy atom. The van der Waals surface area contributed by atoms with Crippen LogP contribution in [0.4, 0.5) is 5.69 Å². The first kappa shape index (κ1) is 14.3. The molecule has 3 rings (SSSR count). The first-order valence-electron chi connectivity index (χ1n) is 6.99. The van der Waals surface area contributed by atoms with Gasteiger partial charge >= 0.3 is 0 Å². The minimum atomic E-state index is -1.76. The van der Waals surface area contributed by atoms with Crippen molar-refractivity contribution in [1.29, 1.82) is 0 Å². The third-order valence-electron chi connectivity index (χ3n) is 3.91. The molecule has 1 heterocycles. The highest BCUT2D eigenvalue weighted by atomic mass is 16.3. The zero-order chi connectivity index (χ0) is 15.7. The van der Waals surface area contributed by atoms with Crippen molar-refractivity contribution in [2.75, 3.05) is 18.5 Å². The second-order valence-corrected chi connectivity index (χ2v) is 5.16. The maximum absolute atomic E-state index is 12.8. The number of carbonyl (C=O) groups excluding carboxylic acids is 2. The molecule has 0 aliphatic carbocycles. The lowest BCUT2D eigenvalue weighted by Crippen LogP contribution is -2.44. The van der Waals surface area contributed by atoms with Gasteiger partial charge in [0.1, 0.15) is 6.54 Å². The Morgan fingerprint density at radius 1 is 1.14 bits per heavy atom. The van der Waals surface area contributed by atoms with Crippen LogP contribution in [-0.2, 0) is 15.2 Å². The van der Waals surface area contributed by atoms with Crippen molar-refractivity contribution >= 4 is 17.5 Å². The van der Waals surface area contributed by atoms with E-state index in [1.807, 2.05) is 6.07 Å². The molecule has 1 aliphatic rings. The largest absolute Gasteiger partial charge is 0.372 e. The van der Waals surface area contributed by atoms with Crippen LogP contribution >= 0.6 is 0 Å². The van der Waals surface area contributed by atoms with Crippen LogP contribution < -0.4 is 10.2 Å². The minimum absolute atomic E-state index is 0.124. The van der Waals surface area contributed by atoms with Crippen LogP contribution in [0, 0.1) is 0 Å². The maximum Gasteiger partial charge on any atom is 0.268 e. The van der Waals surface area contributed by atoms with E-state index in [0.717, 1.165) is 0 Å². The summed E-state index contributed by atoms with van der Waals surface area (Å²) in [6.45, 7) is -0.124. The van der Waals surface area contributed by atoms with Gasteiger partial charge in [-0.3, -0.25) is 14.5 Å². The van der Waals surface area contributed by atoms with Crippen LogP contribution in [0.25, 0.3) is 0 Å². The quantitative estimate of drug-likeness (QED) is 0.888. The highest BCUT2D eigenvalue weighted by Gasteiger charge is 2.51. The molecule has 0 spiro atoms. The fourth-order valence-electron chi connectivity index (χ4n) is 2.77. The third-order valence-corrected chi connectivity index (χ3v) is 3.91. The normalized spacial score (nSPS) is 19.9. The second kappa shape index (κ2) is 5.27. The van der Waals surface area contributed by atoms with E-state index in [2.05, 4.69) is 5.32 Å². The van der Waals surface area contributed by atoms with Crippen molar-refractivity contribution in [3.63, 3.8) is 0 Å². The summed E-state index contributed by atoms with van der Waals surface area (Å²) in [4.78, 5) is 25.8. The van der Waals surface area contributed by atoms with E-state index in [4.69, 9.17) is 0 Å². The number of fused-ring (bicyclic) bond motifs is 1. The van der Waals surface area contributed by atoms with E-state index >= 15 is 0 Å². The van der Waals surface area contributed by atoms with Crippen LogP contribution in [0.2, 0.25) is 0 Å². The zero-order valence-corrected chi connectivity index (χ0v) is 12.1. The third kappa shape index (κ3) is 1.98. The molecule has 5 nitrogen and oxygen atoms in total. The Bertz CT molecular complexity index is 730. The molecule has 0 saturated carbocycles. The molecule has 2 N–H and O–H groups in total. The molecule has 2 aromatic rings. The van der Waals surface area contributed by atoms with Gasteiger partial charge in [0, 0.05) is 12.6 Å². The van der Waals surface area contributed by atoms with Crippen LogP contribution in [-0.4, -0.2) is 30.5 Å². The Hall–Kier alpha value is -2.66. The van der Waals surface area contributed by atoms with E-state index in [-0.39, 0.29) is 12.5 Å². The van der Waals surface area contributed by atoms with E-state index in [0.29, 0.717) is 16.8 Å². The number of benzene rings is 2. The molecule has 22 heavy (non-hydrogen) atoms. The topological polar surface area (TPSA) is 69.6 Å². The van der Waals surface area contributed by atoms with E-state index in [9.17, 15) is 14.7 Å². The SMILES string of the molecule is CNC(=O)CN1C(=O)C(O)(c2ccccc2)c2ccccc21. The van der Waals surface area contributed by atoms with Gasteiger partial charge in [-0.15, -0.1) is 0 Å². The van der Waals surface area contributed by atoms with Gasteiger partial charge < -0.3 is 10.4 Å². The van der Waals surface area contributed by atoms with Crippen LogP contribution in [0.15, 0.2) is 54.6 Å². The van der Waals surface area contributed by atoms with E-state index < -0.39 is 11.5 Å². The van der Waals surface area contributed by atoms with Crippen LogP contribution in [0.1, 0.15) is 11.1 Å². The number of hydrogen-bond donors (Lipinski definition) is 2. The fraction of sp³-hybridized carbons (Fsp3) is 0.176. The number of rotatable bonds is 3. The number of nitrogens with zero attached hydrogens (tertiary/aromatic N) is 1. The first-order chi connectivity index (χ1) is 10.6. The maximum atomic E-state index is 12.8. The summed E-state index contributed by atoms with van der Waals surface area (Å²) < 4.78 is 0. The Balaban J connectivity index is 2.14.